The van der Waals surface area contributed by atoms with Gasteiger partial charge in [-0.1, -0.05) is 5.16 Å². The molecule has 3 rings (SSSR count). The van der Waals surface area contributed by atoms with E-state index in [1.165, 1.54) is 23.1 Å². The molecule has 0 bridgehead atoms. The Morgan fingerprint density at radius 2 is 2.32 bits per heavy atom. The van der Waals surface area contributed by atoms with Gasteiger partial charge in [0.15, 0.2) is 5.13 Å². The van der Waals surface area contributed by atoms with Crippen LogP contribution in [0.1, 0.15) is 29.9 Å². The van der Waals surface area contributed by atoms with E-state index < -0.39 is 6.04 Å². The van der Waals surface area contributed by atoms with Gasteiger partial charge in [0, 0.05) is 29.4 Å². The summed E-state index contributed by atoms with van der Waals surface area (Å²) in [7, 11) is 0. The van der Waals surface area contributed by atoms with E-state index in [-0.39, 0.29) is 11.8 Å². The van der Waals surface area contributed by atoms with Gasteiger partial charge in [0.1, 0.15) is 11.8 Å². The van der Waals surface area contributed by atoms with Crippen LogP contribution in [0.25, 0.3) is 0 Å². The first kappa shape index (κ1) is 17.9. The lowest BCUT2D eigenvalue weighted by Crippen LogP contribution is -2.44. The Labute approximate surface area is 154 Å². The number of amides is 2. The summed E-state index contributed by atoms with van der Waals surface area (Å²) in [5.74, 6) is 1.64. The van der Waals surface area contributed by atoms with Gasteiger partial charge >= 0.3 is 0 Å². The average molecular weight is 380 g/mol. The number of aryl methyl sites for hydroxylation is 2. The molecule has 0 radical (unpaired) electrons. The van der Waals surface area contributed by atoms with Crippen molar-refractivity contribution in [3.05, 3.63) is 28.6 Å². The first-order valence-corrected chi connectivity index (χ1v) is 10.1. The van der Waals surface area contributed by atoms with Gasteiger partial charge in [-0.15, -0.1) is 23.1 Å². The number of hydrogen-bond donors (Lipinski definition) is 1. The Morgan fingerprint density at radius 1 is 1.48 bits per heavy atom. The number of thioether (sulfide) groups is 1. The minimum absolute atomic E-state index is 0.00597. The fraction of sp³-hybridized carbons (Fsp3) is 0.500. The van der Waals surface area contributed by atoms with E-state index in [1.807, 2.05) is 13.8 Å². The number of hydrogen-bond acceptors (Lipinski definition) is 7. The lowest BCUT2D eigenvalue weighted by molar-refractivity contribution is -0.134. The molecule has 1 N–H and O–H groups in total. The van der Waals surface area contributed by atoms with E-state index in [1.54, 1.807) is 16.5 Å². The molecular formula is C16H20N4O3S2. The summed E-state index contributed by atoms with van der Waals surface area (Å²) in [5.41, 5.74) is 1.90. The highest BCUT2D eigenvalue weighted by molar-refractivity contribution is 7.99. The molecule has 1 fully saturated rings. The van der Waals surface area contributed by atoms with Crippen LogP contribution in [0.2, 0.25) is 0 Å². The number of rotatable bonds is 6. The van der Waals surface area contributed by atoms with Crippen molar-refractivity contribution in [2.45, 2.75) is 38.5 Å². The van der Waals surface area contributed by atoms with E-state index in [2.05, 4.69) is 15.5 Å². The number of anilines is 1. The molecule has 3 heterocycles. The molecule has 2 aromatic heterocycles. The minimum atomic E-state index is -0.406. The fourth-order valence-corrected chi connectivity index (χ4v) is 4.43. The second kappa shape index (κ2) is 8.01. The van der Waals surface area contributed by atoms with Gasteiger partial charge in [0.25, 0.3) is 0 Å². The SMILES string of the molecule is Cc1noc(C)c1CSCC(=O)N1CCCC1C(=O)Nc1nccs1. The number of aromatic nitrogens is 2. The zero-order valence-corrected chi connectivity index (χ0v) is 15.8. The molecule has 25 heavy (non-hydrogen) atoms. The quantitative estimate of drug-likeness (QED) is 0.829. The first-order valence-electron chi connectivity index (χ1n) is 8.05. The van der Waals surface area contributed by atoms with Crippen molar-refractivity contribution in [1.29, 1.82) is 0 Å². The summed E-state index contributed by atoms with van der Waals surface area (Å²) in [6.45, 7) is 4.39. The molecule has 0 saturated carbocycles. The van der Waals surface area contributed by atoms with Crippen molar-refractivity contribution in [2.24, 2.45) is 0 Å². The van der Waals surface area contributed by atoms with Crippen LogP contribution >= 0.6 is 23.1 Å². The van der Waals surface area contributed by atoms with Crippen molar-refractivity contribution in [3.63, 3.8) is 0 Å². The van der Waals surface area contributed by atoms with Crippen LogP contribution in [0, 0.1) is 13.8 Å². The van der Waals surface area contributed by atoms with Crippen molar-refractivity contribution >= 4 is 40.0 Å². The van der Waals surface area contributed by atoms with E-state index in [4.69, 9.17) is 4.52 Å². The summed E-state index contributed by atoms with van der Waals surface area (Å²) >= 11 is 2.89. The van der Waals surface area contributed by atoms with Crippen molar-refractivity contribution in [2.75, 3.05) is 17.6 Å². The van der Waals surface area contributed by atoms with Crippen LogP contribution in [0.5, 0.6) is 0 Å². The molecule has 0 aliphatic carbocycles. The maximum atomic E-state index is 12.5. The predicted octanol–water partition coefficient (Wildman–Crippen LogP) is 2.61. The van der Waals surface area contributed by atoms with Gasteiger partial charge in [0.05, 0.1) is 11.4 Å². The zero-order chi connectivity index (χ0) is 17.8. The van der Waals surface area contributed by atoms with Gasteiger partial charge < -0.3 is 14.7 Å². The first-order chi connectivity index (χ1) is 12.1. The molecular weight excluding hydrogens is 360 g/mol. The maximum absolute atomic E-state index is 12.5. The third kappa shape index (κ3) is 4.21. The molecule has 0 spiro atoms. The Morgan fingerprint density at radius 3 is 3.00 bits per heavy atom. The van der Waals surface area contributed by atoms with Crippen molar-refractivity contribution in [3.8, 4) is 0 Å². The van der Waals surface area contributed by atoms with Gasteiger partial charge in [-0.2, -0.15) is 0 Å². The van der Waals surface area contributed by atoms with Crippen LogP contribution in [0.3, 0.4) is 0 Å². The summed E-state index contributed by atoms with van der Waals surface area (Å²) in [4.78, 5) is 30.7. The average Bonchev–Trinajstić information content (AvgIpc) is 3.31. The summed E-state index contributed by atoms with van der Waals surface area (Å²) < 4.78 is 5.13. The number of likely N-dealkylation sites (tertiary alicyclic amines) is 1. The van der Waals surface area contributed by atoms with Crippen molar-refractivity contribution in [1.82, 2.24) is 15.0 Å². The molecule has 7 nitrogen and oxygen atoms in total. The number of nitrogens with one attached hydrogen (secondary N) is 1. The molecule has 9 heteroatoms. The molecule has 0 aromatic carbocycles. The monoisotopic (exact) mass is 380 g/mol. The highest BCUT2D eigenvalue weighted by atomic mass is 32.2. The summed E-state index contributed by atoms with van der Waals surface area (Å²) in [6.07, 6.45) is 3.18. The third-order valence-corrected chi connectivity index (χ3v) is 5.82. The highest BCUT2D eigenvalue weighted by Gasteiger charge is 2.34. The lowest BCUT2D eigenvalue weighted by atomic mass is 10.2. The summed E-state index contributed by atoms with van der Waals surface area (Å²) in [6, 6.07) is -0.406. The Bertz CT molecular complexity index is 725. The molecule has 1 aliphatic heterocycles. The maximum Gasteiger partial charge on any atom is 0.248 e. The Balaban J connectivity index is 1.53. The largest absolute Gasteiger partial charge is 0.361 e. The second-order valence-corrected chi connectivity index (χ2v) is 7.75. The highest BCUT2D eigenvalue weighted by Crippen LogP contribution is 2.23. The molecule has 1 unspecified atom stereocenters. The van der Waals surface area contributed by atoms with E-state index >= 15 is 0 Å². The molecule has 1 aliphatic rings. The van der Waals surface area contributed by atoms with Crippen LogP contribution in [0.15, 0.2) is 16.1 Å². The van der Waals surface area contributed by atoms with Crippen LogP contribution in [-0.4, -0.2) is 45.2 Å². The summed E-state index contributed by atoms with van der Waals surface area (Å²) in [5, 5.41) is 9.08. The normalized spacial score (nSPS) is 17.0. The van der Waals surface area contributed by atoms with Crippen LogP contribution in [-0.2, 0) is 15.3 Å². The lowest BCUT2D eigenvalue weighted by Gasteiger charge is -2.23. The molecule has 2 aromatic rings. The third-order valence-electron chi connectivity index (χ3n) is 4.19. The van der Waals surface area contributed by atoms with Crippen molar-refractivity contribution < 1.29 is 14.1 Å². The number of carbonyl (C=O) groups is 2. The topological polar surface area (TPSA) is 88.3 Å². The molecule has 2 amide bonds. The Kier molecular flexibility index (Phi) is 5.74. The standard InChI is InChI=1S/C16H20N4O3S2/c1-10-12(11(2)23-19-10)8-24-9-14(21)20-6-3-4-13(20)15(22)18-16-17-5-7-25-16/h5,7,13H,3-4,6,8-9H2,1-2H3,(H,17,18,22). The number of thiazole rings is 1. The van der Waals surface area contributed by atoms with Gasteiger partial charge in [0.2, 0.25) is 11.8 Å². The minimum Gasteiger partial charge on any atom is -0.361 e. The van der Waals surface area contributed by atoms with Crippen LogP contribution < -0.4 is 5.32 Å². The van der Waals surface area contributed by atoms with Crippen LogP contribution in [0.4, 0.5) is 5.13 Å². The van der Waals surface area contributed by atoms with Gasteiger partial charge in [-0.3, -0.25) is 9.59 Å². The molecule has 134 valence electrons. The zero-order valence-electron chi connectivity index (χ0n) is 14.2. The number of carbonyl (C=O) groups excluding carboxylic acids is 2. The predicted molar refractivity (Wildman–Crippen MR) is 97.6 cm³/mol. The Hall–Kier alpha value is -1.87. The smallest absolute Gasteiger partial charge is 0.248 e. The van der Waals surface area contributed by atoms with E-state index in [9.17, 15) is 9.59 Å². The van der Waals surface area contributed by atoms with Gasteiger partial charge in [-0.25, -0.2) is 4.98 Å². The fourth-order valence-electron chi connectivity index (χ4n) is 2.84. The molecule has 1 atom stereocenters. The molecule has 1 saturated heterocycles. The number of nitrogens with zero attached hydrogens (tertiary/aromatic N) is 3. The van der Waals surface area contributed by atoms with Gasteiger partial charge in [-0.05, 0) is 26.7 Å². The van der Waals surface area contributed by atoms with E-state index in [0.717, 1.165) is 23.4 Å². The van der Waals surface area contributed by atoms with E-state index in [0.29, 0.717) is 29.6 Å². The second-order valence-electron chi connectivity index (χ2n) is 5.87.